The maximum atomic E-state index is 13.2. The SMILES string of the molecule is O=C(/C=C/c1ccccc1C(F)(F)F)N1CCC2(CC1)CC(Cc1nn[nH]n1)c1ccccc12. The Hall–Kier alpha value is -3.49. The minimum atomic E-state index is -4.46. The zero-order valence-corrected chi connectivity index (χ0v) is 18.4. The lowest BCUT2D eigenvalue weighted by molar-refractivity contribution is -0.137. The van der Waals surface area contributed by atoms with Crippen molar-refractivity contribution in [2.45, 2.75) is 43.2 Å². The van der Waals surface area contributed by atoms with Crippen LogP contribution in [-0.4, -0.2) is 44.5 Å². The van der Waals surface area contributed by atoms with E-state index in [2.05, 4.69) is 38.8 Å². The molecule has 34 heavy (non-hydrogen) atoms. The summed E-state index contributed by atoms with van der Waals surface area (Å²) in [7, 11) is 0. The first-order chi connectivity index (χ1) is 16.4. The van der Waals surface area contributed by atoms with E-state index in [4.69, 9.17) is 0 Å². The Balaban J connectivity index is 1.28. The van der Waals surface area contributed by atoms with Crippen LogP contribution in [0.2, 0.25) is 0 Å². The molecule has 2 heterocycles. The first-order valence-corrected chi connectivity index (χ1v) is 11.3. The monoisotopic (exact) mass is 467 g/mol. The number of hydrogen-bond donors (Lipinski definition) is 1. The lowest BCUT2D eigenvalue weighted by Gasteiger charge is -2.40. The van der Waals surface area contributed by atoms with Crippen LogP contribution in [0.1, 0.15) is 53.3 Å². The molecule has 1 N–H and O–H groups in total. The highest BCUT2D eigenvalue weighted by atomic mass is 19.4. The van der Waals surface area contributed by atoms with E-state index in [1.54, 1.807) is 4.90 Å². The van der Waals surface area contributed by atoms with Crippen molar-refractivity contribution in [3.05, 3.63) is 82.7 Å². The molecule has 1 unspecified atom stereocenters. The summed E-state index contributed by atoms with van der Waals surface area (Å²) in [6.07, 6.45) is 1.34. The molecule has 3 aromatic rings. The van der Waals surface area contributed by atoms with Crippen LogP contribution in [0.25, 0.3) is 6.08 Å². The third-order valence-electron chi connectivity index (χ3n) is 7.13. The lowest BCUT2D eigenvalue weighted by Crippen LogP contribution is -2.43. The lowest BCUT2D eigenvalue weighted by atomic mass is 9.73. The van der Waals surface area contributed by atoms with Crippen LogP contribution in [0, 0.1) is 0 Å². The van der Waals surface area contributed by atoms with Crippen LogP contribution in [-0.2, 0) is 22.8 Å². The maximum absolute atomic E-state index is 13.2. The summed E-state index contributed by atoms with van der Waals surface area (Å²) in [5, 5.41) is 14.4. The molecule has 1 fully saturated rings. The quantitative estimate of drug-likeness (QED) is 0.573. The number of halogens is 3. The smallest absolute Gasteiger partial charge is 0.339 e. The van der Waals surface area contributed by atoms with E-state index in [9.17, 15) is 18.0 Å². The molecule has 2 aliphatic rings. The Bertz CT molecular complexity index is 1200. The molecule has 1 aromatic heterocycles. The van der Waals surface area contributed by atoms with Crippen LogP contribution in [0.4, 0.5) is 13.2 Å². The van der Waals surface area contributed by atoms with E-state index >= 15 is 0 Å². The summed E-state index contributed by atoms with van der Waals surface area (Å²) in [6.45, 7) is 1.13. The number of tetrazole rings is 1. The van der Waals surface area contributed by atoms with Crippen LogP contribution < -0.4 is 0 Å². The van der Waals surface area contributed by atoms with Crippen LogP contribution in [0.5, 0.6) is 0 Å². The normalized spacial score (nSPS) is 19.6. The fourth-order valence-electron chi connectivity index (χ4n) is 5.49. The van der Waals surface area contributed by atoms with Crippen molar-refractivity contribution in [1.82, 2.24) is 25.5 Å². The van der Waals surface area contributed by atoms with Gasteiger partial charge in [0.1, 0.15) is 0 Å². The third kappa shape index (κ3) is 4.22. The van der Waals surface area contributed by atoms with Gasteiger partial charge in [-0.2, -0.15) is 18.4 Å². The average Bonchev–Trinajstić information content (AvgIpc) is 3.45. The molecule has 5 rings (SSSR count). The Kier molecular flexibility index (Phi) is 5.71. The summed E-state index contributed by atoms with van der Waals surface area (Å²) in [4.78, 5) is 14.5. The molecule has 6 nitrogen and oxygen atoms in total. The van der Waals surface area contributed by atoms with Gasteiger partial charge in [-0.05, 0) is 59.4 Å². The summed E-state index contributed by atoms with van der Waals surface area (Å²) in [5.74, 6) is 0.713. The molecule has 1 spiro atoms. The standard InChI is InChI=1S/C25H24F3N5O/c26-25(27,28)20-7-3-1-5-17(20)9-10-23(34)33-13-11-24(12-14-33)16-18(15-22-29-31-32-30-22)19-6-2-4-8-21(19)24/h1-10,18H,11-16H2,(H,29,30,31,32)/b10-9+. The maximum Gasteiger partial charge on any atom is 0.416 e. The van der Waals surface area contributed by atoms with Crippen molar-refractivity contribution in [3.8, 4) is 0 Å². The number of H-pyrrole nitrogens is 1. The van der Waals surface area contributed by atoms with Gasteiger partial charge in [0.2, 0.25) is 5.91 Å². The van der Waals surface area contributed by atoms with Gasteiger partial charge in [-0.25, -0.2) is 0 Å². The van der Waals surface area contributed by atoms with E-state index < -0.39 is 11.7 Å². The Morgan fingerprint density at radius 2 is 1.85 bits per heavy atom. The molecule has 1 aliphatic carbocycles. The van der Waals surface area contributed by atoms with E-state index in [1.807, 2.05) is 6.07 Å². The number of hydrogen-bond acceptors (Lipinski definition) is 4. The minimum absolute atomic E-state index is 0.00847. The summed E-state index contributed by atoms with van der Waals surface area (Å²) >= 11 is 0. The third-order valence-corrected chi connectivity index (χ3v) is 7.13. The number of aromatic nitrogens is 4. The van der Waals surface area contributed by atoms with Gasteiger partial charge in [0.05, 0.1) is 5.56 Å². The zero-order chi connectivity index (χ0) is 23.8. The molecule has 1 aliphatic heterocycles. The number of benzene rings is 2. The highest BCUT2D eigenvalue weighted by Gasteiger charge is 2.45. The van der Waals surface area contributed by atoms with Gasteiger partial charge in [0.25, 0.3) is 0 Å². The average molecular weight is 467 g/mol. The highest BCUT2D eigenvalue weighted by molar-refractivity contribution is 5.92. The fourth-order valence-corrected chi connectivity index (χ4v) is 5.49. The largest absolute Gasteiger partial charge is 0.416 e. The summed E-state index contributed by atoms with van der Waals surface area (Å²) < 4.78 is 39.7. The highest BCUT2D eigenvalue weighted by Crippen LogP contribution is 2.52. The molecule has 1 amide bonds. The van der Waals surface area contributed by atoms with Crippen LogP contribution in [0.3, 0.4) is 0 Å². The van der Waals surface area contributed by atoms with E-state index in [1.165, 1.54) is 41.5 Å². The van der Waals surface area contributed by atoms with E-state index in [0.717, 1.165) is 25.3 Å². The summed E-state index contributed by atoms with van der Waals surface area (Å²) in [6, 6.07) is 13.7. The number of likely N-dealkylation sites (tertiary alicyclic amines) is 1. The van der Waals surface area contributed by atoms with E-state index in [0.29, 0.717) is 25.3 Å². The number of piperidine rings is 1. The fraction of sp³-hybridized carbons (Fsp3) is 0.360. The first kappa shape index (κ1) is 22.3. The predicted molar refractivity (Wildman–Crippen MR) is 120 cm³/mol. The number of amides is 1. The van der Waals surface area contributed by atoms with Crippen molar-refractivity contribution < 1.29 is 18.0 Å². The number of nitrogens with one attached hydrogen (secondary N) is 1. The van der Waals surface area contributed by atoms with Crippen molar-refractivity contribution in [2.24, 2.45) is 0 Å². The first-order valence-electron chi connectivity index (χ1n) is 11.3. The number of carbonyl (C=O) groups is 1. The number of rotatable bonds is 4. The van der Waals surface area contributed by atoms with Crippen molar-refractivity contribution in [1.29, 1.82) is 0 Å². The second-order valence-corrected chi connectivity index (χ2v) is 9.04. The van der Waals surface area contributed by atoms with Crippen LogP contribution >= 0.6 is 0 Å². The Labute approximate surface area is 194 Å². The van der Waals surface area contributed by atoms with E-state index in [-0.39, 0.29) is 22.8 Å². The minimum Gasteiger partial charge on any atom is -0.339 e. The number of alkyl halides is 3. The molecule has 176 valence electrons. The molecule has 0 bridgehead atoms. The molecule has 0 radical (unpaired) electrons. The van der Waals surface area contributed by atoms with Crippen molar-refractivity contribution in [3.63, 3.8) is 0 Å². The zero-order valence-electron chi connectivity index (χ0n) is 18.4. The van der Waals surface area contributed by atoms with Crippen LogP contribution in [0.15, 0.2) is 54.6 Å². The van der Waals surface area contributed by atoms with Crippen molar-refractivity contribution >= 4 is 12.0 Å². The van der Waals surface area contributed by atoms with Gasteiger partial charge < -0.3 is 4.90 Å². The number of carbonyl (C=O) groups excluding carboxylic acids is 1. The second-order valence-electron chi connectivity index (χ2n) is 9.04. The molecule has 2 aromatic carbocycles. The van der Waals surface area contributed by atoms with Gasteiger partial charge in [-0.1, -0.05) is 47.7 Å². The Morgan fingerprint density at radius 3 is 2.59 bits per heavy atom. The van der Waals surface area contributed by atoms with Gasteiger partial charge in [0, 0.05) is 25.6 Å². The molecule has 1 atom stereocenters. The van der Waals surface area contributed by atoms with Crippen molar-refractivity contribution in [2.75, 3.05) is 13.1 Å². The number of aromatic amines is 1. The van der Waals surface area contributed by atoms with Gasteiger partial charge in [0.15, 0.2) is 5.82 Å². The second kappa shape index (κ2) is 8.70. The molecule has 9 heteroatoms. The number of nitrogens with zero attached hydrogens (tertiary/aromatic N) is 4. The molecular weight excluding hydrogens is 443 g/mol. The topological polar surface area (TPSA) is 74.8 Å². The van der Waals surface area contributed by atoms with Gasteiger partial charge in [-0.15, -0.1) is 10.2 Å². The summed E-state index contributed by atoms with van der Waals surface area (Å²) in [5.41, 5.74) is 1.85. The predicted octanol–water partition coefficient (Wildman–Crippen LogP) is 4.52. The van der Waals surface area contributed by atoms with Gasteiger partial charge >= 0.3 is 6.18 Å². The Morgan fingerprint density at radius 1 is 1.12 bits per heavy atom. The molecule has 1 saturated heterocycles. The van der Waals surface area contributed by atoms with Gasteiger partial charge in [-0.3, -0.25) is 4.79 Å². The molecule has 0 saturated carbocycles. The number of fused-ring (bicyclic) bond motifs is 2. The molecular formula is C25H24F3N5O.